The lowest BCUT2D eigenvalue weighted by Crippen LogP contribution is -2.36. The summed E-state index contributed by atoms with van der Waals surface area (Å²) in [7, 11) is 0. The molecule has 0 saturated carbocycles. The highest BCUT2D eigenvalue weighted by Crippen LogP contribution is 2.16. The normalized spacial score (nSPS) is 11.6. The highest BCUT2D eigenvalue weighted by Gasteiger charge is 2.19. The van der Waals surface area contributed by atoms with E-state index in [9.17, 15) is 14.0 Å². The van der Waals surface area contributed by atoms with Crippen LogP contribution >= 0.6 is 11.6 Å². The van der Waals surface area contributed by atoms with Crippen LogP contribution in [0.2, 0.25) is 5.02 Å². The molecule has 0 aromatic heterocycles. The van der Waals surface area contributed by atoms with Crippen molar-refractivity contribution >= 4 is 23.5 Å². The van der Waals surface area contributed by atoms with Gasteiger partial charge in [0.25, 0.3) is 5.91 Å². The lowest BCUT2D eigenvalue weighted by molar-refractivity contribution is -0.129. The van der Waals surface area contributed by atoms with E-state index in [0.717, 1.165) is 5.56 Å². The lowest BCUT2D eigenvalue weighted by Gasteiger charge is -2.14. The molecule has 1 atom stereocenters. The highest BCUT2D eigenvalue weighted by molar-refractivity contribution is 6.33. The van der Waals surface area contributed by atoms with E-state index in [0.29, 0.717) is 13.0 Å². The van der Waals surface area contributed by atoms with E-state index in [-0.39, 0.29) is 16.4 Å². The minimum Gasteiger partial charge on any atom is -0.449 e. The number of rotatable bonds is 6. The third-order valence-corrected chi connectivity index (χ3v) is 3.70. The van der Waals surface area contributed by atoms with Crippen molar-refractivity contribution in [1.82, 2.24) is 5.32 Å². The quantitative estimate of drug-likeness (QED) is 0.813. The molecule has 0 radical (unpaired) electrons. The second-order valence-electron chi connectivity index (χ2n) is 5.19. The molecule has 0 aliphatic rings. The number of carbonyl (C=O) groups excluding carboxylic acids is 2. The molecule has 1 amide bonds. The molecule has 126 valence electrons. The van der Waals surface area contributed by atoms with Gasteiger partial charge < -0.3 is 10.1 Å². The monoisotopic (exact) mass is 349 g/mol. The number of esters is 1. The Labute approximate surface area is 144 Å². The van der Waals surface area contributed by atoms with Gasteiger partial charge >= 0.3 is 5.97 Å². The smallest absolute Gasteiger partial charge is 0.340 e. The molecule has 2 rings (SSSR count). The molecule has 1 N–H and O–H groups in total. The number of hydrogen-bond acceptors (Lipinski definition) is 3. The standard InChI is InChI=1S/C18H17ClFNO3/c1-12(24-18(23)15-4-2-3-5-16(15)19)17(22)21-11-10-13-6-8-14(20)9-7-13/h2-9,12H,10-11H2,1H3,(H,21,22)/t12-/m1/s1. The molecule has 0 spiro atoms. The first-order chi connectivity index (χ1) is 11.5. The summed E-state index contributed by atoms with van der Waals surface area (Å²) in [6.45, 7) is 1.85. The molecular weight excluding hydrogens is 333 g/mol. The summed E-state index contributed by atoms with van der Waals surface area (Å²) < 4.78 is 17.9. The number of hydrogen-bond donors (Lipinski definition) is 1. The Morgan fingerprint density at radius 1 is 1.17 bits per heavy atom. The molecule has 0 heterocycles. The molecule has 0 aliphatic heterocycles. The van der Waals surface area contributed by atoms with Crippen molar-refractivity contribution in [3.8, 4) is 0 Å². The van der Waals surface area contributed by atoms with E-state index in [1.807, 2.05) is 0 Å². The molecule has 0 fully saturated rings. The Morgan fingerprint density at radius 3 is 2.50 bits per heavy atom. The summed E-state index contributed by atoms with van der Waals surface area (Å²) in [5.41, 5.74) is 1.11. The topological polar surface area (TPSA) is 55.4 Å². The average molecular weight is 350 g/mol. The van der Waals surface area contributed by atoms with Gasteiger partial charge in [-0.05, 0) is 43.2 Å². The predicted octanol–water partition coefficient (Wildman–Crippen LogP) is 3.38. The largest absolute Gasteiger partial charge is 0.449 e. The minimum atomic E-state index is -0.943. The predicted molar refractivity (Wildman–Crippen MR) is 89.4 cm³/mol. The lowest BCUT2D eigenvalue weighted by atomic mass is 10.1. The van der Waals surface area contributed by atoms with Crippen LogP contribution in [0.4, 0.5) is 4.39 Å². The summed E-state index contributed by atoms with van der Waals surface area (Å²) >= 11 is 5.92. The van der Waals surface area contributed by atoms with Gasteiger partial charge in [-0.15, -0.1) is 0 Å². The summed E-state index contributed by atoms with van der Waals surface area (Å²) in [5, 5.41) is 2.94. The SMILES string of the molecule is C[C@@H](OC(=O)c1ccccc1Cl)C(=O)NCCc1ccc(F)cc1. The minimum absolute atomic E-state index is 0.213. The van der Waals surface area contributed by atoms with Gasteiger partial charge in [0, 0.05) is 6.54 Å². The van der Waals surface area contributed by atoms with E-state index in [1.54, 1.807) is 30.3 Å². The molecule has 2 aromatic rings. The number of amides is 1. The van der Waals surface area contributed by atoms with Crippen LogP contribution in [-0.4, -0.2) is 24.5 Å². The zero-order valence-electron chi connectivity index (χ0n) is 13.1. The fourth-order valence-corrected chi connectivity index (χ4v) is 2.24. The Kier molecular flexibility index (Phi) is 6.32. The Balaban J connectivity index is 1.80. The molecule has 0 aliphatic carbocycles. The summed E-state index contributed by atoms with van der Waals surface area (Å²) in [6.07, 6.45) is -0.390. The van der Waals surface area contributed by atoms with Crippen molar-refractivity contribution in [2.45, 2.75) is 19.4 Å². The van der Waals surface area contributed by atoms with Crippen LogP contribution in [0.1, 0.15) is 22.8 Å². The zero-order valence-corrected chi connectivity index (χ0v) is 13.8. The average Bonchev–Trinajstić information content (AvgIpc) is 2.56. The summed E-state index contributed by atoms with van der Waals surface area (Å²) in [6, 6.07) is 12.5. The second kappa shape index (κ2) is 8.45. The molecule has 24 heavy (non-hydrogen) atoms. The maximum Gasteiger partial charge on any atom is 0.340 e. The van der Waals surface area contributed by atoms with Gasteiger partial charge in [-0.25, -0.2) is 9.18 Å². The number of nitrogens with one attached hydrogen (secondary N) is 1. The molecular formula is C18H17ClFNO3. The van der Waals surface area contributed by atoms with Crippen molar-refractivity contribution in [2.75, 3.05) is 6.54 Å². The Morgan fingerprint density at radius 2 is 1.83 bits per heavy atom. The van der Waals surface area contributed by atoms with Crippen molar-refractivity contribution in [3.05, 3.63) is 70.5 Å². The van der Waals surface area contributed by atoms with Gasteiger partial charge in [0.1, 0.15) is 5.82 Å². The molecule has 0 bridgehead atoms. The third-order valence-electron chi connectivity index (χ3n) is 3.37. The summed E-state index contributed by atoms with van der Waals surface area (Å²) in [5.74, 6) is -1.36. The van der Waals surface area contributed by atoms with Gasteiger partial charge in [0.05, 0.1) is 10.6 Å². The maximum absolute atomic E-state index is 12.8. The maximum atomic E-state index is 12.8. The van der Waals surface area contributed by atoms with Gasteiger partial charge in [-0.3, -0.25) is 4.79 Å². The van der Waals surface area contributed by atoms with E-state index >= 15 is 0 Å². The van der Waals surface area contributed by atoms with Crippen LogP contribution in [0.5, 0.6) is 0 Å². The molecule has 0 saturated heterocycles. The van der Waals surface area contributed by atoms with Crippen LogP contribution in [0.3, 0.4) is 0 Å². The molecule has 0 unspecified atom stereocenters. The first kappa shape index (κ1) is 17.9. The zero-order chi connectivity index (χ0) is 17.5. The number of benzene rings is 2. The van der Waals surface area contributed by atoms with Gasteiger partial charge in [0.2, 0.25) is 0 Å². The van der Waals surface area contributed by atoms with E-state index in [1.165, 1.54) is 25.1 Å². The first-order valence-corrected chi connectivity index (χ1v) is 7.83. The number of carbonyl (C=O) groups is 2. The van der Waals surface area contributed by atoms with Crippen LogP contribution in [0.15, 0.2) is 48.5 Å². The molecule has 4 nitrogen and oxygen atoms in total. The van der Waals surface area contributed by atoms with Gasteiger partial charge in [-0.1, -0.05) is 35.9 Å². The van der Waals surface area contributed by atoms with Gasteiger partial charge in [-0.2, -0.15) is 0 Å². The van der Waals surface area contributed by atoms with Gasteiger partial charge in [0.15, 0.2) is 6.10 Å². The fraction of sp³-hybridized carbons (Fsp3) is 0.222. The van der Waals surface area contributed by atoms with Crippen LogP contribution in [0.25, 0.3) is 0 Å². The first-order valence-electron chi connectivity index (χ1n) is 7.45. The van der Waals surface area contributed by atoms with Crippen molar-refractivity contribution in [2.24, 2.45) is 0 Å². The van der Waals surface area contributed by atoms with Crippen LogP contribution < -0.4 is 5.32 Å². The van der Waals surface area contributed by atoms with E-state index in [2.05, 4.69) is 5.32 Å². The van der Waals surface area contributed by atoms with Crippen molar-refractivity contribution in [3.63, 3.8) is 0 Å². The van der Waals surface area contributed by atoms with Crippen LogP contribution in [-0.2, 0) is 16.0 Å². The molecule has 2 aromatic carbocycles. The Hall–Kier alpha value is -2.40. The van der Waals surface area contributed by atoms with E-state index < -0.39 is 18.0 Å². The fourth-order valence-electron chi connectivity index (χ4n) is 2.03. The van der Waals surface area contributed by atoms with Crippen LogP contribution in [0, 0.1) is 5.82 Å². The summed E-state index contributed by atoms with van der Waals surface area (Å²) in [4.78, 5) is 23.9. The highest BCUT2D eigenvalue weighted by atomic mass is 35.5. The Bertz CT molecular complexity index is 718. The van der Waals surface area contributed by atoms with Crippen molar-refractivity contribution < 1.29 is 18.7 Å². The number of halogens is 2. The number of ether oxygens (including phenoxy) is 1. The third kappa shape index (κ3) is 5.06. The van der Waals surface area contributed by atoms with Crippen molar-refractivity contribution in [1.29, 1.82) is 0 Å². The molecule has 6 heteroatoms. The van der Waals surface area contributed by atoms with E-state index in [4.69, 9.17) is 16.3 Å². The second-order valence-corrected chi connectivity index (χ2v) is 5.60.